The Labute approximate surface area is 117 Å². The lowest BCUT2D eigenvalue weighted by molar-refractivity contribution is 1.16. The van der Waals surface area contributed by atoms with Gasteiger partial charge in [0, 0.05) is 10.6 Å². The summed E-state index contributed by atoms with van der Waals surface area (Å²) >= 11 is 0. The largest absolute Gasteiger partial charge is 0.0645 e. The predicted octanol–water partition coefficient (Wildman–Crippen LogP) is 6.51. The van der Waals surface area contributed by atoms with E-state index >= 15 is 0 Å². The summed E-state index contributed by atoms with van der Waals surface area (Å²) in [6.45, 7) is 4.65. The lowest BCUT2D eigenvalue weighted by Gasteiger charge is -2.26. The molecule has 2 aromatic carbocycles. The van der Waals surface area contributed by atoms with Crippen LogP contribution in [-0.2, 0) is 6.42 Å². The van der Waals surface area contributed by atoms with Crippen LogP contribution in [-0.4, -0.2) is 0 Å². The first-order chi connectivity index (χ1) is 9.33. The second kappa shape index (κ2) is 5.41. The summed E-state index contributed by atoms with van der Waals surface area (Å²) < 4.78 is 0. The normalized spacial score (nSPS) is 12.7. The van der Waals surface area contributed by atoms with Crippen molar-refractivity contribution in [3.8, 4) is 10.6 Å². The zero-order chi connectivity index (χ0) is 13.2. The zero-order valence-electron chi connectivity index (χ0n) is 11.4. The molecule has 0 N–H and O–H groups in total. The summed E-state index contributed by atoms with van der Waals surface area (Å²) in [6.07, 6.45) is 1.21. The molecule has 1 aromatic heterocycles. The molecule has 2 atom stereocenters. The molecular weight excluding hydrogens is 266 g/mol. The maximum atomic E-state index is 2.35. The molecule has 0 radical (unpaired) electrons. The third-order valence-electron chi connectivity index (χ3n) is 3.53. The molecule has 2 heteroatoms. The Balaban J connectivity index is 2.17. The molecule has 1 heterocycles. The fraction of sp³-hybridized carbons (Fsp3) is 0.176. The second-order valence-corrected chi connectivity index (χ2v) is 10.6. The molecule has 0 aliphatic carbocycles. The van der Waals surface area contributed by atoms with Gasteiger partial charge in [0.2, 0.25) is 0 Å². The van der Waals surface area contributed by atoms with Gasteiger partial charge in [0.05, 0.1) is 0 Å². The van der Waals surface area contributed by atoms with E-state index in [1.807, 2.05) is 0 Å². The van der Waals surface area contributed by atoms with Crippen molar-refractivity contribution >= 4 is 14.4 Å². The van der Waals surface area contributed by atoms with Crippen LogP contribution in [0.3, 0.4) is 0 Å². The van der Waals surface area contributed by atoms with E-state index in [1.165, 1.54) is 6.42 Å². The standard InChI is InChI=1S/C17H18P2/c1-3-17-14(2)18(15-10-6-4-7-11-15)19(17)16-12-8-5-9-13-16/h4-13H,3H2,1-2H3. The molecule has 0 amide bonds. The van der Waals surface area contributed by atoms with E-state index < -0.39 is 0 Å². The van der Waals surface area contributed by atoms with Crippen LogP contribution >= 0.6 is 14.4 Å². The van der Waals surface area contributed by atoms with Crippen LogP contribution in [0.1, 0.15) is 17.5 Å². The summed E-state index contributed by atoms with van der Waals surface area (Å²) in [5.74, 6) is 0. The Bertz CT molecular complexity index is 660. The zero-order valence-corrected chi connectivity index (χ0v) is 13.2. The monoisotopic (exact) mass is 284 g/mol. The van der Waals surface area contributed by atoms with E-state index in [9.17, 15) is 0 Å². The average molecular weight is 284 g/mol. The lowest BCUT2D eigenvalue weighted by atomic mass is 10.4. The van der Waals surface area contributed by atoms with E-state index in [-0.39, 0.29) is 14.4 Å². The maximum Gasteiger partial charge on any atom is 0.00205 e. The van der Waals surface area contributed by atoms with E-state index in [0.29, 0.717) is 0 Å². The highest BCUT2D eigenvalue weighted by atomic mass is 31.9. The molecule has 0 aliphatic heterocycles. The first kappa shape index (κ1) is 12.8. The van der Waals surface area contributed by atoms with E-state index in [1.54, 1.807) is 21.2 Å². The molecule has 96 valence electrons. The molecule has 0 saturated carbocycles. The molecule has 3 aromatic rings. The van der Waals surface area contributed by atoms with Crippen LogP contribution in [0.15, 0.2) is 60.7 Å². The highest BCUT2D eigenvalue weighted by molar-refractivity contribution is 8.17. The van der Waals surface area contributed by atoms with Crippen LogP contribution in [0.4, 0.5) is 0 Å². The predicted molar refractivity (Wildman–Crippen MR) is 88.6 cm³/mol. The van der Waals surface area contributed by atoms with Crippen LogP contribution in [0.5, 0.6) is 0 Å². The van der Waals surface area contributed by atoms with Gasteiger partial charge in [0.25, 0.3) is 0 Å². The minimum Gasteiger partial charge on any atom is -0.0645 e. The highest BCUT2D eigenvalue weighted by Crippen LogP contribution is 2.72. The molecule has 0 fully saturated rings. The third-order valence-corrected chi connectivity index (χ3v) is 12.0. The summed E-state index contributed by atoms with van der Waals surface area (Å²) in [5, 5.41) is 6.48. The van der Waals surface area contributed by atoms with Crippen molar-refractivity contribution in [2.75, 3.05) is 0 Å². The van der Waals surface area contributed by atoms with E-state index in [0.717, 1.165) is 0 Å². The summed E-state index contributed by atoms with van der Waals surface area (Å²) in [4.78, 5) is 0. The van der Waals surface area contributed by atoms with Gasteiger partial charge in [-0.25, -0.2) is 0 Å². The summed E-state index contributed by atoms with van der Waals surface area (Å²) in [7, 11) is -0.186. The van der Waals surface area contributed by atoms with Crippen molar-refractivity contribution in [2.24, 2.45) is 0 Å². The fourth-order valence-corrected chi connectivity index (χ4v) is 11.2. The Morgan fingerprint density at radius 1 is 0.737 bits per heavy atom. The Morgan fingerprint density at radius 3 is 1.68 bits per heavy atom. The average Bonchev–Trinajstić information content (AvgIpc) is 2.47. The lowest BCUT2D eigenvalue weighted by Crippen LogP contribution is -1.88. The second-order valence-electron chi connectivity index (χ2n) is 4.68. The third kappa shape index (κ3) is 2.20. The molecule has 19 heavy (non-hydrogen) atoms. The van der Waals surface area contributed by atoms with Gasteiger partial charge in [0.1, 0.15) is 0 Å². The molecule has 3 rings (SSSR count). The summed E-state index contributed by atoms with van der Waals surface area (Å²) in [6, 6.07) is 22.2. The van der Waals surface area contributed by atoms with Crippen LogP contribution in [0.25, 0.3) is 10.6 Å². The van der Waals surface area contributed by atoms with Gasteiger partial charge in [-0.3, -0.25) is 0 Å². The Hall–Kier alpha value is -1.22. The fourth-order valence-electron chi connectivity index (χ4n) is 2.63. The van der Waals surface area contributed by atoms with Gasteiger partial charge in [-0.05, 0) is 23.9 Å². The molecule has 0 aliphatic rings. The molecule has 0 saturated heterocycles. The van der Waals surface area contributed by atoms with Crippen molar-refractivity contribution in [2.45, 2.75) is 20.3 Å². The van der Waals surface area contributed by atoms with Crippen LogP contribution in [0, 0.1) is 6.92 Å². The minimum absolute atomic E-state index is 0.0910. The first-order valence-electron chi connectivity index (χ1n) is 6.73. The van der Waals surface area contributed by atoms with Gasteiger partial charge in [-0.2, -0.15) is 0 Å². The van der Waals surface area contributed by atoms with Gasteiger partial charge in [-0.1, -0.05) is 82.0 Å². The molecule has 0 nitrogen and oxygen atoms in total. The van der Waals surface area contributed by atoms with Crippen molar-refractivity contribution in [1.29, 1.82) is 0 Å². The minimum atomic E-state index is -0.0945. The Morgan fingerprint density at radius 2 is 1.21 bits per heavy atom. The Kier molecular flexibility index (Phi) is 3.65. The molecule has 2 unspecified atom stereocenters. The van der Waals surface area contributed by atoms with Gasteiger partial charge in [-0.15, -0.1) is 0 Å². The van der Waals surface area contributed by atoms with Gasteiger partial charge >= 0.3 is 0 Å². The van der Waals surface area contributed by atoms with Crippen LogP contribution in [0.2, 0.25) is 0 Å². The van der Waals surface area contributed by atoms with Gasteiger partial charge < -0.3 is 0 Å². The number of hydrogen-bond donors (Lipinski definition) is 0. The number of hydrogen-bond acceptors (Lipinski definition) is 0. The highest BCUT2D eigenvalue weighted by Gasteiger charge is 2.20. The number of benzene rings is 2. The maximum absolute atomic E-state index is 2.35. The smallest absolute Gasteiger partial charge is 0.00205 e. The number of rotatable bonds is 3. The van der Waals surface area contributed by atoms with Crippen LogP contribution < -0.4 is 0 Å². The van der Waals surface area contributed by atoms with Crippen molar-refractivity contribution in [1.82, 2.24) is 0 Å². The molecular formula is C17H18P2. The molecule has 0 spiro atoms. The quantitative estimate of drug-likeness (QED) is 0.514. The topological polar surface area (TPSA) is 0 Å². The van der Waals surface area contributed by atoms with Gasteiger partial charge in [0.15, 0.2) is 0 Å². The SMILES string of the molecule is CCc1c(C)p(-c2ccccc2)p1-c1ccccc1. The van der Waals surface area contributed by atoms with Crippen molar-refractivity contribution in [3.05, 3.63) is 71.3 Å². The first-order valence-corrected chi connectivity index (χ1v) is 10.1. The van der Waals surface area contributed by atoms with Crippen molar-refractivity contribution < 1.29 is 0 Å². The van der Waals surface area contributed by atoms with Crippen molar-refractivity contribution in [3.63, 3.8) is 0 Å². The van der Waals surface area contributed by atoms with E-state index in [2.05, 4.69) is 74.5 Å². The molecule has 0 bridgehead atoms. The van der Waals surface area contributed by atoms with E-state index in [4.69, 9.17) is 0 Å². The summed E-state index contributed by atoms with van der Waals surface area (Å²) in [5.41, 5.74) is 0.